The molecule has 2 nitrogen and oxygen atoms in total. The van der Waals surface area contributed by atoms with Gasteiger partial charge in [0.15, 0.2) is 0 Å². The van der Waals surface area contributed by atoms with E-state index in [-0.39, 0.29) is 0 Å². The topological polar surface area (TPSA) is 15.3 Å². The fourth-order valence-electron chi connectivity index (χ4n) is 3.30. The molecule has 0 aromatic rings. The van der Waals surface area contributed by atoms with Crippen LogP contribution in [0.4, 0.5) is 0 Å². The van der Waals surface area contributed by atoms with Gasteiger partial charge in [-0.2, -0.15) is 0 Å². The molecule has 82 valence electrons. The average Bonchev–Trinajstić information content (AvgIpc) is 2.63. The van der Waals surface area contributed by atoms with Crippen molar-refractivity contribution in [3.05, 3.63) is 23.8 Å². The third-order valence-electron chi connectivity index (χ3n) is 4.40. The second-order valence-corrected chi connectivity index (χ2v) is 5.30. The molecule has 2 fully saturated rings. The van der Waals surface area contributed by atoms with E-state index >= 15 is 0 Å². The molecule has 0 amide bonds. The number of hydrogen-bond donors (Lipinski definition) is 1. The Hall–Kier alpha value is -0.600. The lowest BCUT2D eigenvalue weighted by molar-refractivity contribution is 0.169. The number of piperidine rings is 1. The van der Waals surface area contributed by atoms with E-state index in [0.717, 1.165) is 0 Å². The van der Waals surface area contributed by atoms with Gasteiger partial charge >= 0.3 is 0 Å². The summed E-state index contributed by atoms with van der Waals surface area (Å²) >= 11 is 0. The van der Waals surface area contributed by atoms with Gasteiger partial charge in [0.05, 0.1) is 0 Å². The van der Waals surface area contributed by atoms with E-state index in [9.17, 15) is 0 Å². The molecule has 3 rings (SSSR count). The van der Waals surface area contributed by atoms with Crippen LogP contribution in [0.25, 0.3) is 0 Å². The van der Waals surface area contributed by atoms with Gasteiger partial charge in [-0.1, -0.05) is 18.2 Å². The van der Waals surface area contributed by atoms with E-state index in [1.54, 1.807) is 5.57 Å². The summed E-state index contributed by atoms with van der Waals surface area (Å²) in [6, 6.07) is 0.651. The smallest absolute Gasteiger partial charge is 0.0323 e. The van der Waals surface area contributed by atoms with E-state index in [1.165, 1.54) is 38.9 Å². The summed E-state index contributed by atoms with van der Waals surface area (Å²) in [4.78, 5) is 2.46. The Bertz CT molecular complexity index is 308. The minimum Gasteiger partial charge on any atom is -0.309 e. The summed E-state index contributed by atoms with van der Waals surface area (Å²) < 4.78 is 0. The largest absolute Gasteiger partial charge is 0.309 e. The first-order chi connectivity index (χ1) is 7.30. The van der Waals surface area contributed by atoms with E-state index in [2.05, 4.69) is 35.5 Å². The molecule has 1 atom stereocenters. The van der Waals surface area contributed by atoms with Gasteiger partial charge in [-0.15, -0.1) is 0 Å². The summed E-state index contributed by atoms with van der Waals surface area (Å²) in [6.07, 6.45) is 10.8. The van der Waals surface area contributed by atoms with Crippen LogP contribution in [0.5, 0.6) is 0 Å². The van der Waals surface area contributed by atoms with Crippen LogP contribution in [0, 0.1) is 5.41 Å². The summed E-state index contributed by atoms with van der Waals surface area (Å²) in [6.45, 7) is 3.73. The normalized spacial score (nSPS) is 34.2. The highest BCUT2D eigenvalue weighted by atomic mass is 15.1. The molecule has 0 bridgehead atoms. The van der Waals surface area contributed by atoms with Gasteiger partial charge in [0.1, 0.15) is 0 Å². The van der Waals surface area contributed by atoms with Gasteiger partial charge in [-0.05, 0) is 45.0 Å². The van der Waals surface area contributed by atoms with Crippen LogP contribution < -0.4 is 5.32 Å². The highest BCUT2D eigenvalue weighted by molar-refractivity contribution is 5.34. The maximum Gasteiger partial charge on any atom is 0.0323 e. The number of nitrogens with zero attached hydrogens (tertiary/aromatic N) is 1. The monoisotopic (exact) mass is 204 g/mol. The molecule has 2 aliphatic heterocycles. The predicted molar refractivity (Wildman–Crippen MR) is 62.8 cm³/mol. The van der Waals surface area contributed by atoms with Gasteiger partial charge < -0.3 is 10.2 Å². The Kier molecular flexibility index (Phi) is 2.22. The minimum absolute atomic E-state index is 0.502. The van der Waals surface area contributed by atoms with Crippen molar-refractivity contribution in [2.45, 2.75) is 25.3 Å². The first kappa shape index (κ1) is 9.61. The maximum atomic E-state index is 3.70. The maximum absolute atomic E-state index is 3.70. The molecule has 2 heteroatoms. The zero-order valence-electron chi connectivity index (χ0n) is 9.50. The number of likely N-dealkylation sites (tertiary alicyclic amines) is 1. The molecule has 1 spiro atoms. The SMILES string of the molecule is CN1CCC2(CC1)CNC1CC=CC=C12. The van der Waals surface area contributed by atoms with Crippen LogP contribution >= 0.6 is 0 Å². The fraction of sp³-hybridized carbons (Fsp3) is 0.692. The summed E-state index contributed by atoms with van der Waals surface area (Å²) in [5, 5.41) is 3.70. The van der Waals surface area contributed by atoms with Crippen LogP contribution in [-0.2, 0) is 0 Å². The second kappa shape index (κ2) is 3.46. The van der Waals surface area contributed by atoms with Crippen LogP contribution in [-0.4, -0.2) is 37.6 Å². The van der Waals surface area contributed by atoms with Crippen molar-refractivity contribution in [3.63, 3.8) is 0 Å². The molecule has 15 heavy (non-hydrogen) atoms. The highest BCUT2D eigenvalue weighted by Crippen LogP contribution is 2.45. The molecular weight excluding hydrogens is 184 g/mol. The summed E-state index contributed by atoms with van der Waals surface area (Å²) in [5.41, 5.74) is 2.19. The number of hydrogen-bond acceptors (Lipinski definition) is 2. The van der Waals surface area contributed by atoms with Crippen molar-refractivity contribution in [3.8, 4) is 0 Å². The Morgan fingerprint density at radius 2 is 2.20 bits per heavy atom. The third-order valence-corrected chi connectivity index (χ3v) is 4.40. The van der Waals surface area contributed by atoms with Crippen molar-refractivity contribution < 1.29 is 0 Å². The number of rotatable bonds is 0. The minimum atomic E-state index is 0.502. The zero-order chi connectivity index (χ0) is 10.3. The lowest BCUT2D eigenvalue weighted by atomic mass is 9.71. The first-order valence-electron chi connectivity index (χ1n) is 6.09. The second-order valence-electron chi connectivity index (χ2n) is 5.30. The lowest BCUT2D eigenvalue weighted by Crippen LogP contribution is -2.40. The van der Waals surface area contributed by atoms with Crippen molar-refractivity contribution in [2.24, 2.45) is 5.41 Å². The Morgan fingerprint density at radius 1 is 1.40 bits per heavy atom. The lowest BCUT2D eigenvalue weighted by Gasteiger charge is -2.39. The van der Waals surface area contributed by atoms with E-state index in [4.69, 9.17) is 0 Å². The zero-order valence-corrected chi connectivity index (χ0v) is 9.50. The Labute approximate surface area is 92.0 Å². The van der Waals surface area contributed by atoms with Crippen LogP contribution in [0.1, 0.15) is 19.3 Å². The highest BCUT2D eigenvalue weighted by Gasteiger charge is 2.44. The summed E-state index contributed by atoms with van der Waals surface area (Å²) in [7, 11) is 2.24. The quantitative estimate of drug-likeness (QED) is 0.644. The molecule has 0 radical (unpaired) electrons. The molecule has 0 aromatic heterocycles. The van der Waals surface area contributed by atoms with Gasteiger partial charge in [-0.3, -0.25) is 0 Å². The van der Waals surface area contributed by atoms with Gasteiger partial charge in [0, 0.05) is 18.0 Å². The molecule has 3 aliphatic rings. The molecule has 0 saturated carbocycles. The van der Waals surface area contributed by atoms with Crippen LogP contribution in [0.2, 0.25) is 0 Å². The van der Waals surface area contributed by atoms with E-state index in [0.29, 0.717) is 11.5 Å². The average molecular weight is 204 g/mol. The van der Waals surface area contributed by atoms with Crippen molar-refractivity contribution in [2.75, 3.05) is 26.7 Å². The van der Waals surface area contributed by atoms with Gasteiger partial charge in [-0.25, -0.2) is 0 Å². The summed E-state index contributed by atoms with van der Waals surface area (Å²) in [5.74, 6) is 0. The number of allylic oxidation sites excluding steroid dienone is 2. The first-order valence-corrected chi connectivity index (χ1v) is 6.09. The van der Waals surface area contributed by atoms with Gasteiger partial charge in [0.25, 0.3) is 0 Å². The number of nitrogens with one attached hydrogen (secondary N) is 1. The Balaban J connectivity index is 1.86. The van der Waals surface area contributed by atoms with E-state index in [1.807, 2.05) is 0 Å². The van der Waals surface area contributed by atoms with E-state index < -0.39 is 0 Å². The standard InChI is InChI=1S/C13H20N2/c1-15-8-6-13(7-9-15)10-14-12-5-3-2-4-11(12)13/h2-4,12,14H,5-10H2,1H3. The number of fused-ring (bicyclic) bond motifs is 2. The Morgan fingerprint density at radius 3 is 3.00 bits per heavy atom. The molecule has 1 aliphatic carbocycles. The molecular formula is C13H20N2. The van der Waals surface area contributed by atoms with Gasteiger partial charge in [0.2, 0.25) is 0 Å². The van der Waals surface area contributed by atoms with Crippen LogP contribution in [0.15, 0.2) is 23.8 Å². The molecule has 1 unspecified atom stereocenters. The van der Waals surface area contributed by atoms with Crippen molar-refractivity contribution in [1.29, 1.82) is 0 Å². The predicted octanol–water partition coefficient (Wildman–Crippen LogP) is 1.56. The molecule has 0 aromatic carbocycles. The molecule has 1 N–H and O–H groups in total. The van der Waals surface area contributed by atoms with Crippen molar-refractivity contribution in [1.82, 2.24) is 10.2 Å². The molecule has 2 heterocycles. The van der Waals surface area contributed by atoms with Crippen molar-refractivity contribution >= 4 is 0 Å². The van der Waals surface area contributed by atoms with Crippen LogP contribution in [0.3, 0.4) is 0 Å². The molecule has 2 saturated heterocycles. The fourth-order valence-corrected chi connectivity index (χ4v) is 3.30. The third kappa shape index (κ3) is 1.47.